The summed E-state index contributed by atoms with van der Waals surface area (Å²) in [6, 6.07) is 4.52. The van der Waals surface area contributed by atoms with Crippen molar-refractivity contribution in [3.63, 3.8) is 0 Å². The highest BCUT2D eigenvalue weighted by Gasteiger charge is 2.00. The van der Waals surface area contributed by atoms with Gasteiger partial charge in [0, 0.05) is 6.42 Å². The number of carbonyl (C=O) groups excluding carboxylic acids is 1. The van der Waals surface area contributed by atoms with Crippen molar-refractivity contribution >= 4 is 12.0 Å². The predicted molar refractivity (Wildman–Crippen MR) is 138 cm³/mol. The number of esters is 1. The largest absolute Gasteiger partial charge is 0.504 e. The first-order valence-electron chi connectivity index (χ1n) is 11.7. The van der Waals surface area contributed by atoms with Gasteiger partial charge < -0.3 is 14.9 Å². The molecule has 0 amide bonds. The van der Waals surface area contributed by atoms with E-state index < -0.39 is 0 Å². The van der Waals surface area contributed by atoms with Gasteiger partial charge in [-0.2, -0.15) is 0 Å². The second-order valence-corrected chi connectivity index (χ2v) is 7.43. The Morgan fingerprint density at radius 3 is 1.94 bits per heavy atom. The molecule has 0 atom stereocenters. The van der Waals surface area contributed by atoms with Gasteiger partial charge in [-0.3, -0.25) is 4.79 Å². The van der Waals surface area contributed by atoms with Crippen LogP contribution in [0.3, 0.4) is 0 Å². The van der Waals surface area contributed by atoms with E-state index in [2.05, 4.69) is 67.7 Å². The highest BCUT2D eigenvalue weighted by atomic mass is 16.5. The van der Waals surface area contributed by atoms with Crippen molar-refractivity contribution in [3.05, 3.63) is 90.6 Å². The van der Waals surface area contributed by atoms with Gasteiger partial charge in [-0.1, -0.05) is 79.8 Å². The third-order valence-electron chi connectivity index (χ3n) is 4.56. The molecule has 1 rings (SSSR count). The Labute approximate surface area is 199 Å². The third kappa shape index (κ3) is 16.1. The van der Waals surface area contributed by atoms with Crippen LogP contribution in [0.1, 0.15) is 63.9 Å². The van der Waals surface area contributed by atoms with Crippen LogP contribution in [0, 0.1) is 0 Å². The average Bonchev–Trinajstić information content (AvgIpc) is 2.81. The number of phenolic OH excluding ortho intramolecular Hbond substituents is 2. The smallest absolute Gasteiger partial charge is 0.306 e. The Kier molecular flexibility index (Phi) is 16.3. The van der Waals surface area contributed by atoms with E-state index >= 15 is 0 Å². The first-order chi connectivity index (χ1) is 16.1. The summed E-state index contributed by atoms with van der Waals surface area (Å²) in [7, 11) is 0. The van der Waals surface area contributed by atoms with Crippen molar-refractivity contribution in [2.24, 2.45) is 0 Å². The topological polar surface area (TPSA) is 66.8 Å². The molecule has 0 aliphatic rings. The molecule has 0 saturated heterocycles. The summed E-state index contributed by atoms with van der Waals surface area (Å²) in [5, 5.41) is 18.7. The summed E-state index contributed by atoms with van der Waals surface area (Å²) < 4.78 is 5.16. The van der Waals surface area contributed by atoms with Crippen LogP contribution in [-0.4, -0.2) is 22.8 Å². The molecule has 0 aliphatic carbocycles. The number of carbonyl (C=O) groups is 1. The van der Waals surface area contributed by atoms with Crippen molar-refractivity contribution in [1.29, 1.82) is 0 Å². The second kappa shape index (κ2) is 19.4. The zero-order valence-electron chi connectivity index (χ0n) is 19.7. The normalized spacial score (nSPS) is 12.5. The number of hydrogen-bond acceptors (Lipinski definition) is 4. The van der Waals surface area contributed by atoms with Crippen LogP contribution in [0.25, 0.3) is 6.08 Å². The summed E-state index contributed by atoms with van der Waals surface area (Å²) in [6.07, 6.45) is 32.1. The molecule has 0 bridgehead atoms. The number of benzene rings is 1. The summed E-state index contributed by atoms with van der Waals surface area (Å²) in [5.41, 5.74) is 0.722. The molecule has 33 heavy (non-hydrogen) atoms. The highest BCUT2D eigenvalue weighted by molar-refractivity contribution is 5.69. The molecule has 0 fully saturated rings. The van der Waals surface area contributed by atoms with E-state index in [1.165, 1.54) is 12.1 Å². The van der Waals surface area contributed by atoms with Gasteiger partial charge in [0.15, 0.2) is 11.5 Å². The van der Waals surface area contributed by atoms with Gasteiger partial charge in [0.1, 0.15) is 6.61 Å². The van der Waals surface area contributed by atoms with Gasteiger partial charge in [-0.05, 0) is 68.7 Å². The van der Waals surface area contributed by atoms with Crippen molar-refractivity contribution in [1.82, 2.24) is 0 Å². The minimum absolute atomic E-state index is 0.161. The predicted octanol–water partition coefficient (Wildman–Crippen LogP) is 7.58. The minimum Gasteiger partial charge on any atom is -0.504 e. The fourth-order valence-electron chi connectivity index (χ4n) is 2.77. The monoisotopic (exact) mass is 450 g/mol. The van der Waals surface area contributed by atoms with Gasteiger partial charge >= 0.3 is 5.97 Å². The van der Waals surface area contributed by atoms with Gasteiger partial charge in [0.05, 0.1) is 0 Å². The first kappa shape index (κ1) is 27.8. The van der Waals surface area contributed by atoms with Crippen LogP contribution in [0.2, 0.25) is 0 Å². The molecule has 2 N–H and O–H groups in total. The molecule has 1 aromatic rings. The van der Waals surface area contributed by atoms with Crippen molar-refractivity contribution in [3.8, 4) is 11.5 Å². The number of unbranched alkanes of at least 4 members (excludes halogenated alkanes) is 1. The zero-order valence-corrected chi connectivity index (χ0v) is 19.7. The van der Waals surface area contributed by atoms with Crippen LogP contribution < -0.4 is 0 Å². The van der Waals surface area contributed by atoms with E-state index in [-0.39, 0.29) is 24.1 Å². The van der Waals surface area contributed by atoms with Crippen LogP contribution in [0.5, 0.6) is 11.5 Å². The van der Waals surface area contributed by atoms with E-state index in [1.807, 2.05) is 0 Å². The number of phenols is 2. The molecule has 0 unspecified atom stereocenters. The zero-order chi connectivity index (χ0) is 24.0. The summed E-state index contributed by atoms with van der Waals surface area (Å²) in [5.74, 6) is -0.559. The molecule has 0 spiro atoms. The summed E-state index contributed by atoms with van der Waals surface area (Å²) in [6.45, 7) is 2.33. The molecule has 0 aromatic heterocycles. The maximum Gasteiger partial charge on any atom is 0.306 e. The second-order valence-electron chi connectivity index (χ2n) is 7.43. The van der Waals surface area contributed by atoms with E-state index in [4.69, 9.17) is 4.74 Å². The lowest BCUT2D eigenvalue weighted by Gasteiger charge is -2.01. The fraction of sp³-hybridized carbons (Fsp3) is 0.345. The Hall–Kier alpha value is -3.27. The summed E-state index contributed by atoms with van der Waals surface area (Å²) in [4.78, 5) is 11.7. The fourth-order valence-corrected chi connectivity index (χ4v) is 2.77. The molecule has 4 nitrogen and oxygen atoms in total. The Morgan fingerprint density at radius 1 is 0.788 bits per heavy atom. The van der Waals surface area contributed by atoms with Crippen LogP contribution in [-0.2, 0) is 9.53 Å². The number of allylic oxidation sites excluding steroid dienone is 10. The lowest BCUT2D eigenvalue weighted by Crippen LogP contribution is -2.03. The molecule has 0 saturated carbocycles. The first-order valence-corrected chi connectivity index (χ1v) is 11.7. The Morgan fingerprint density at radius 2 is 1.36 bits per heavy atom. The van der Waals surface area contributed by atoms with E-state index in [0.717, 1.165) is 50.5 Å². The Bertz CT molecular complexity index is 841. The molecule has 178 valence electrons. The lowest BCUT2D eigenvalue weighted by molar-refractivity contribution is -0.142. The van der Waals surface area contributed by atoms with Crippen molar-refractivity contribution in [2.75, 3.05) is 6.61 Å². The van der Waals surface area contributed by atoms with Crippen molar-refractivity contribution in [2.45, 2.75) is 58.3 Å². The number of hydrogen-bond donors (Lipinski definition) is 2. The number of aromatic hydroxyl groups is 2. The van der Waals surface area contributed by atoms with Gasteiger partial charge in [-0.25, -0.2) is 0 Å². The Balaban J connectivity index is 2.01. The van der Waals surface area contributed by atoms with Crippen molar-refractivity contribution < 1.29 is 19.7 Å². The highest BCUT2D eigenvalue weighted by Crippen LogP contribution is 2.25. The minimum atomic E-state index is -0.222. The van der Waals surface area contributed by atoms with Crippen LogP contribution >= 0.6 is 0 Å². The quantitative estimate of drug-likeness (QED) is 0.118. The maximum absolute atomic E-state index is 11.7. The van der Waals surface area contributed by atoms with Gasteiger partial charge in [0.2, 0.25) is 0 Å². The maximum atomic E-state index is 11.7. The summed E-state index contributed by atoms with van der Waals surface area (Å²) >= 11 is 0. The van der Waals surface area contributed by atoms with Gasteiger partial charge in [0.25, 0.3) is 0 Å². The van der Waals surface area contributed by atoms with Crippen LogP contribution in [0.4, 0.5) is 0 Å². The number of ether oxygens (including phenoxy) is 1. The molecule has 0 radical (unpaired) electrons. The van der Waals surface area contributed by atoms with E-state index in [1.54, 1.807) is 18.2 Å². The van der Waals surface area contributed by atoms with Crippen LogP contribution in [0.15, 0.2) is 85.0 Å². The average molecular weight is 451 g/mol. The molecular weight excluding hydrogens is 412 g/mol. The molecule has 0 aliphatic heterocycles. The molecular formula is C29H38O4. The molecule has 0 heterocycles. The van der Waals surface area contributed by atoms with Gasteiger partial charge in [-0.15, -0.1) is 0 Å². The number of rotatable bonds is 16. The standard InChI is InChI=1S/C29H38O4/c1-2-3-4-5-6-7-8-9-10-11-12-13-14-15-16-17-18-21-29(32)33-24-19-20-26-22-23-27(30)28(31)25-26/h3-4,6-7,9-10,12-13,15-16,19-20,22-23,25,30-31H,2,5,8,11,14,17-18,21,24H2,1H3/b4-3-,7-6-,10-9-,13-12-,16-15-,20-19+. The SMILES string of the molecule is CC/C=C\C/C=C\C/C=C\C/C=C\C/C=C\CCCC(=O)OC/C=C/c1ccc(O)c(O)c1. The third-order valence-corrected chi connectivity index (χ3v) is 4.56. The molecule has 1 aromatic carbocycles. The lowest BCUT2D eigenvalue weighted by atomic mass is 10.2. The van der Waals surface area contributed by atoms with E-state index in [0.29, 0.717) is 6.42 Å². The molecule has 4 heteroatoms. The van der Waals surface area contributed by atoms with E-state index in [9.17, 15) is 15.0 Å².